The summed E-state index contributed by atoms with van der Waals surface area (Å²) in [7, 11) is -3.58. The Morgan fingerprint density at radius 2 is 1.76 bits per heavy atom. The lowest BCUT2D eigenvalue weighted by Crippen LogP contribution is -2.43. The molecule has 4 rings (SSSR count). The van der Waals surface area contributed by atoms with Crippen molar-refractivity contribution in [2.75, 3.05) is 13.1 Å². The Hall–Kier alpha value is -2.62. The number of thiazole rings is 1. The second-order valence-corrected chi connectivity index (χ2v) is 11.3. The van der Waals surface area contributed by atoms with Crippen molar-refractivity contribution in [1.29, 1.82) is 0 Å². The fraction of sp³-hybridized carbons (Fsp3) is 0.375. The van der Waals surface area contributed by atoms with E-state index in [4.69, 9.17) is 0 Å². The van der Waals surface area contributed by atoms with Crippen LogP contribution in [0.15, 0.2) is 46.9 Å². The molecule has 0 saturated carbocycles. The van der Waals surface area contributed by atoms with Crippen LogP contribution in [0.3, 0.4) is 0 Å². The van der Waals surface area contributed by atoms with Crippen LogP contribution in [0.4, 0.5) is 0 Å². The van der Waals surface area contributed by atoms with Crippen LogP contribution in [0.2, 0.25) is 0 Å². The Bertz CT molecular complexity index is 1220. The fourth-order valence-electron chi connectivity index (χ4n) is 4.42. The number of hydrogen-bond donors (Lipinski definition) is 1. The van der Waals surface area contributed by atoms with Crippen molar-refractivity contribution >= 4 is 27.3 Å². The van der Waals surface area contributed by atoms with Crippen LogP contribution in [0.25, 0.3) is 11.3 Å². The van der Waals surface area contributed by atoms with Gasteiger partial charge in [0.25, 0.3) is 0 Å². The van der Waals surface area contributed by atoms with Gasteiger partial charge < -0.3 is 5.32 Å². The van der Waals surface area contributed by atoms with Crippen molar-refractivity contribution in [2.45, 2.75) is 45.1 Å². The predicted molar refractivity (Wildman–Crippen MR) is 129 cm³/mol. The Kier molecular flexibility index (Phi) is 6.92. The third-order valence-corrected chi connectivity index (χ3v) is 9.02. The highest BCUT2D eigenvalue weighted by Crippen LogP contribution is 2.29. The number of nitrogens with one attached hydrogen (secondary N) is 1. The van der Waals surface area contributed by atoms with Crippen molar-refractivity contribution in [3.05, 3.63) is 63.7 Å². The molecule has 0 spiro atoms. The molecule has 0 aliphatic carbocycles. The van der Waals surface area contributed by atoms with Crippen LogP contribution in [-0.2, 0) is 21.4 Å². The molecule has 0 radical (unpaired) electrons. The lowest BCUT2D eigenvalue weighted by Gasteiger charge is -2.31. The van der Waals surface area contributed by atoms with E-state index in [0.29, 0.717) is 37.4 Å². The first-order valence-corrected chi connectivity index (χ1v) is 13.3. The number of nitrogens with zero attached hydrogens (tertiary/aromatic N) is 3. The van der Waals surface area contributed by atoms with Crippen LogP contribution in [-0.4, -0.2) is 41.7 Å². The van der Waals surface area contributed by atoms with Gasteiger partial charge in [-0.05, 0) is 56.9 Å². The first-order chi connectivity index (χ1) is 15.8. The molecule has 2 aromatic heterocycles. The summed E-state index contributed by atoms with van der Waals surface area (Å²) >= 11 is 1.50. The largest absolute Gasteiger partial charge is 0.349 e. The van der Waals surface area contributed by atoms with Crippen LogP contribution in [0.1, 0.15) is 34.5 Å². The number of hydrogen-bond acceptors (Lipinski definition) is 6. The van der Waals surface area contributed by atoms with Crippen molar-refractivity contribution in [3.8, 4) is 11.3 Å². The molecule has 1 aliphatic rings. The summed E-state index contributed by atoms with van der Waals surface area (Å²) in [5, 5.41) is 5.77. The fourth-order valence-corrected chi connectivity index (χ4v) is 7.04. The zero-order valence-corrected chi connectivity index (χ0v) is 20.7. The van der Waals surface area contributed by atoms with Crippen molar-refractivity contribution in [2.24, 2.45) is 5.92 Å². The quantitative estimate of drug-likeness (QED) is 0.574. The summed E-state index contributed by atoms with van der Waals surface area (Å²) in [5.74, 6) is -0.244. The molecule has 1 saturated heterocycles. The number of piperidine rings is 1. The maximum Gasteiger partial charge on any atom is 0.243 e. The summed E-state index contributed by atoms with van der Waals surface area (Å²) in [6.45, 7) is 6.70. The average Bonchev–Trinajstić information content (AvgIpc) is 3.26. The van der Waals surface area contributed by atoms with Crippen LogP contribution in [0, 0.1) is 26.7 Å². The number of carbonyl (C=O) groups is 1. The molecule has 1 aromatic carbocycles. The van der Waals surface area contributed by atoms with Crippen LogP contribution < -0.4 is 5.32 Å². The number of benzene rings is 1. The van der Waals surface area contributed by atoms with E-state index in [1.54, 1.807) is 12.4 Å². The minimum Gasteiger partial charge on any atom is -0.349 e. The monoisotopic (exact) mass is 484 g/mol. The molecular formula is C24H28N4O3S2. The Labute approximate surface area is 199 Å². The summed E-state index contributed by atoms with van der Waals surface area (Å²) in [6.07, 6.45) is 4.47. The molecule has 0 atom stereocenters. The topological polar surface area (TPSA) is 92.3 Å². The lowest BCUT2D eigenvalue weighted by molar-refractivity contribution is -0.126. The SMILES string of the molecule is Cc1cc(C)c(S(=O)(=O)N2CCC(C(=O)NCc3nc(-c4ccncc4)cs3)CC2)c(C)c1. The normalized spacial score (nSPS) is 15.5. The van der Waals surface area contributed by atoms with Crippen LogP contribution in [0.5, 0.6) is 0 Å². The van der Waals surface area contributed by atoms with E-state index in [1.807, 2.05) is 50.4 Å². The van der Waals surface area contributed by atoms with Gasteiger partial charge in [-0.15, -0.1) is 11.3 Å². The van der Waals surface area contributed by atoms with Gasteiger partial charge in [-0.1, -0.05) is 17.7 Å². The zero-order valence-electron chi connectivity index (χ0n) is 19.0. The number of aryl methyl sites for hydroxylation is 3. The van der Waals surface area contributed by atoms with Crippen molar-refractivity contribution in [3.63, 3.8) is 0 Å². The van der Waals surface area contributed by atoms with Gasteiger partial charge in [-0.3, -0.25) is 9.78 Å². The van der Waals surface area contributed by atoms with Crippen molar-refractivity contribution < 1.29 is 13.2 Å². The second-order valence-electron chi connectivity index (χ2n) is 8.49. The number of aromatic nitrogens is 2. The highest BCUT2D eigenvalue weighted by atomic mass is 32.2. The molecule has 7 nitrogen and oxygen atoms in total. The smallest absolute Gasteiger partial charge is 0.243 e. The number of sulfonamides is 1. The molecule has 0 bridgehead atoms. The minimum atomic E-state index is -3.58. The number of pyridine rings is 1. The van der Waals surface area contributed by atoms with E-state index in [9.17, 15) is 13.2 Å². The van der Waals surface area contributed by atoms with E-state index in [1.165, 1.54) is 15.6 Å². The number of carbonyl (C=O) groups excluding carboxylic acids is 1. The molecule has 3 heterocycles. The molecule has 1 fully saturated rings. The molecule has 1 aliphatic heterocycles. The van der Waals surface area contributed by atoms with Gasteiger partial charge in [0.15, 0.2) is 0 Å². The summed E-state index contributed by atoms with van der Waals surface area (Å²) < 4.78 is 28.0. The van der Waals surface area contributed by atoms with Gasteiger partial charge in [0, 0.05) is 42.3 Å². The third kappa shape index (κ3) is 5.15. The van der Waals surface area contributed by atoms with Gasteiger partial charge >= 0.3 is 0 Å². The maximum absolute atomic E-state index is 13.3. The van der Waals surface area contributed by atoms with E-state index in [0.717, 1.165) is 33.0 Å². The van der Waals surface area contributed by atoms with Gasteiger partial charge in [-0.2, -0.15) is 4.31 Å². The maximum atomic E-state index is 13.3. The zero-order chi connectivity index (χ0) is 23.6. The Morgan fingerprint density at radius 1 is 1.12 bits per heavy atom. The Balaban J connectivity index is 1.34. The van der Waals surface area contributed by atoms with Gasteiger partial charge in [0.1, 0.15) is 5.01 Å². The van der Waals surface area contributed by atoms with E-state index < -0.39 is 10.0 Å². The molecule has 174 valence electrons. The molecule has 1 amide bonds. The number of amides is 1. The molecule has 3 aromatic rings. The first kappa shape index (κ1) is 23.5. The van der Waals surface area contributed by atoms with Gasteiger partial charge in [0.2, 0.25) is 15.9 Å². The highest BCUT2D eigenvalue weighted by Gasteiger charge is 2.33. The third-order valence-electron chi connectivity index (χ3n) is 5.97. The second kappa shape index (κ2) is 9.70. The van der Waals surface area contributed by atoms with E-state index in [2.05, 4.69) is 15.3 Å². The average molecular weight is 485 g/mol. The number of rotatable bonds is 6. The lowest BCUT2D eigenvalue weighted by atomic mass is 9.97. The van der Waals surface area contributed by atoms with Crippen molar-refractivity contribution in [1.82, 2.24) is 19.6 Å². The summed E-state index contributed by atoms with van der Waals surface area (Å²) in [6, 6.07) is 7.61. The first-order valence-electron chi connectivity index (χ1n) is 11.0. The molecule has 1 N–H and O–H groups in total. The van der Waals surface area contributed by atoms with Gasteiger partial charge in [0.05, 0.1) is 17.1 Å². The molecular weight excluding hydrogens is 456 g/mol. The van der Waals surface area contributed by atoms with E-state index in [-0.39, 0.29) is 11.8 Å². The summed E-state index contributed by atoms with van der Waals surface area (Å²) in [4.78, 5) is 21.7. The molecule has 9 heteroatoms. The van der Waals surface area contributed by atoms with E-state index >= 15 is 0 Å². The summed E-state index contributed by atoms with van der Waals surface area (Å²) in [5.41, 5.74) is 4.44. The molecule has 0 unspecified atom stereocenters. The van der Waals surface area contributed by atoms with Gasteiger partial charge in [-0.25, -0.2) is 13.4 Å². The minimum absolute atomic E-state index is 0.0459. The predicted octanol–water partition coefficient (Wildman–Crippen LogP) is 3.85. The van der Waals surface area contributed by atoms with Crippen LogP contribution >= 0.6 is 11.3 Å². The molecule has 33 heavy (non-hydrogen) atoms. The Morgan fingerprint density at radius 3 is 2.39 bits per heavy atom. The highest BCUT2D eigenvalue weighted by molar-refractivity contribution is 7.89. The standard InChI is InChI=1S/C24H28N4O3S2/c1-16-12-17(2)23(18(3)13-16)33(30,31)28-10-6-20(7-11-28)24(29)26-14-22-27-21(15-32-22)19-4-8-25-9-5-19/h4-5,8-9,12-13,15,20H,6-7,10-11,14H2,1-3H3,(H,26,29).